The molecular weight excluding hydrogens is 376 g/mol. The molecule has 152 valence electrons. The Morgan fingerprint density at radius 1 is 0.633 bits per heavy atom. The van der Waals surface area contributed by atoms with Gasteiger partial charge in [-0.05, 0) is 49.2 Å². The van der Waals surface area contributed by atoms with E-state index in [9.17, 15) is 9.59 Å². The topological polar surface area (TPSA) is 53.2 Å². The molecule has 0 amide bonds. The van der Waals surface area contributed by atoms with Gasteiger partial charge >= 0.3 is 0 Å². The van der Waals surface area contributed by atoms with Crippen molar-refractivity contribution in [3.63, 3.8) is 0 Å². The Balaban J connectivity index is 0.000000172. The van der Waals surface area contributed by atoms with Gasteiger partial charge in [-0.3, -0.25) is 18.7 Å². The Morgan fingerprint density at radius 3 is 1.73 bits per heavy atom. The molecule has 5 heteroatoms. The lowest BCUT2D eigenvalue weighted by molar-refractivity contribution is 0.414. The Morgan fingerprint density at radius 2 is 1.17 bits per heavy atom. The molecule has 30 heavy (non-hydrogen) atoms. The molecule has 0 N–H and O–H groups in total. The summed E-state index contributed by atoms with van der Waals surface area (Å²) in [5, 5.41) is 0. The summed E-state index contributed by atoms with van der Waals surface area (Å²) in [5.41, 5.74) is 3.80. The zero-order valence-electron chi connectivity index (χ0n) is 17.3. The second-order valence-electron chi connectivity index (χ2n) is 6.87. The van der Waals surface area contributed by atoms with Crippen LogP contribution in [0.4, 0.5) is 0 Å². The summed E-state index contributed by atoms with van der Waals surface area (Å²) in [6.07, 6.45) is 3.66. The van der Waals surface area contributed by atoms with Gasteiger partial charge in [-0.2, -0.15) is 0 Å². The minimum absolute atomic E-state index is 0.00167. The highest BCUT2D eigenvalue weighted by Gasteiger charge is 2.01. The first-order valence-corrected chi connectivity index (χ1v) is 9.56. The Bertz CT molecular complexity index is 1240. The molecule has 0 spiro atoms. The number of nitrogens with zero attached hydrogens (tertiary/aromatic N) is 2. The highest BCUT2D eigenvalue weighted by Crippen LogP contribution is 2.15. The number of methoxy groups -OCH3 is 1. The van der Waals surface area contributed by atoms with E-state index >= 15 is 0 Å². The molecule has 0 fully saturated rings. The summed E-state index contributed by atoms with van der Waals surface area (Å²) in [4.78, 5) is 23.2. The molecule has 2 heterocycles. The first-order chi connectivity index (χ1) is 14.5. The molecule has 0 aliphatic carbocycles. The lowest BCUT2D eigenvalue weighted by Gasteiger charge is -2.07. The van der Waals surface area contributed by atoms with Crippen molar-refractivity contribution in [2.75, 3.05) is 7.11 Å². The molecule has 0 atom stereocenters. The highest BCUT2D eigenvalue weighted by atomic mass is 16.5. The maximum absolute atomic E-state index is 11.7. The van der Waals surface area contributed by atoms with Crippen molar-refractivity contribution in [3.8, 4) is 17.1 Å². The van der Waals surface area contributed by atoms with Crippen molar-refractivity contribution >= 4 is 0 Å². The third-order valence-electron chi connectivity index (χ3n) is 4.48. The lowest BCUT2D eigenvalue weighted by atomic mass is 10.2. The number of rotatable bonds is 3. The van der Waals surface area contributed by atoms with Gasteiger partial charge < -0.3 is 4.74 Å². The van der Waals surface area contributed by atoms with Gasteiger partial charge in [0.15, 0.2) is 0 Å². The van der Waals surface area contributed by atoms with Gasteiger partial charge in [0.05, 0.1) is 12.8 Å². The lowest BCUT2D eigenvalue weighted by Crippen LogP contribution is -2.16. The zero-order chi connectivity index (χ0) is 21.5. The van der Waals surface area contributed by atoms with Gasteiger partial charge in [-0.1, -0.05) is 36.4 Å². The van der Waals surface area contributed by atoms with Crippen molar-refractivity contribution in [2.45, 2.75) is 13.8 Å². The van der Waals surface area contributed by atoms with E-state index in [1.807, 2.05) is 86.9 Å². The van der Waals surface area contributed by atoms with Crippen molar-refractivity contribution in [2.24, 2.45) is 0 Å². The number of para-hydroxylation sites is 1. The van der Waals surface area contributed by atoms with Crippen LogP contribution in [-0.2, 0) is 0 Å². The van der Waals surface area contributed by atoms with E-state index in [1.54, 1.807) is 34.4 Å². The number of benzene rings is 2. The molecule has 2 aromatic carbocycles. The fraction of sp³-hybridized carbons (Fsp3) is 0.120. The molecule has 0 aliphatic heterocycles. The van der Waals surface area contributed by atoms with Crippen LogP contribution in [0.3, 0.4) is 0 Å². The van der Waals surface area contributed by atoms with Crippen LogP contribution in [0.15, 0.2) is 101 Å². The molecule has 4 aromatic rings. The molecular formula is C25H24N2O3. The number of hydrogen-bond acceptors (Lipinski definition) is 3. The fourth-order valence-electron chi connectivity index (χ4n) is 2.94. The molecule has 0 radical (unpaired) electrons. The molecule has 0 aliphatic rings. The quantitative estimate of drug-likeness (QED) is 0.515. The molecule has 4 rings (SSSR count). The number of pyridine rings is 2. The second kappa shape index (κ2) is 9.56. The van der Waals surface area contributed by atoms with Crippen LogP contribution in [0.1, 0.15) is 11.1 Å². The highest BCUT2D eigenvalue weighted by molar-refractivity contribution is 5.39. The van der Waals surface area contributed by atoms with Gasteiger partial charge in [0.25, 0.3) is 11.1 Å². The predicted molar refractivity (Wildman–Crippen MR) is 120 cm³/mol. The minimum Gasteiger partial charge on any atom is -0.497 e. The number of aromatic nitrogens is 2. The first-order valence-electron chi connectivity index (χ1n) is 9.56. The fourth-order valence-corrected chi connectivity index (χ4v) is 2.94. The third-order valence-corrected chi connectivity index (χ3v) is 4.48. The second-order valence-corrected chi connectivity index (χ2v) is 6.87. The van der Waals surface area contributed by atoms with E-state index in [0.29, 0.717) is 0 Å². The predicted octanol–water partition coefficient (Wildman–Crippen LogP) is 4.30. The van der Waals surface area contributed by atoms with Crippen LogP contribution >= 0.6 is 0 Å². The van der Waals surface area contributed by atoms with Crippen LogP contribution < -0.4 is 15.9 Å². The number of aryl methyl sites for hydroxylation is 2. The summed E-state index contributed by atoms with van der Waals surface area (Å²) in [7, 11) is 1.61. The summed E-state index contributed by atoms with van der Waals surface area (Å²) in [6, 6.07) is 23.8. The standard InChI is InChI=1S/C13H13NO2.C12H11NO/c1-10-6-7-13(15)14(9-10)11-4-3-5-12(8-11)16-2;1-10-7-8-12(14)13(9-10)11-5-3-2-4-6-11/h3-9H,1-2H3;2-9H,1H3. The van der Waals surface area contributed by atoms with E-state index in [1.165, 1.54) is 0 Å². The minimum atomic E-state index is -0.0427. The van der Waals surface area contributed by atoms with Crippen LogP contribution in [0.2, 0.25) is 0 Å². The third kappa shape index (κ3) is 5.14. The SMILES string of the molecule is COc1cccc(-n2cc(C)ccc2=O)c1.Cc1ccc(=O)n(-c2ccccc2)c1. The van der Waals surface area contributed by atoms with Crippen LogP contribution in [0.25, 0.3) is 11.4 Å². The maximum atomic E-state index is 11.7. The van der Waals surface area contributed by atoms with E-state index in [0.717, 1.165) is 28.3 Å². The summed E-state index contributed by atoms with van der Waals surface area (Å²) >= 11 is 0. The Kier molecular flexibility index (Phi) is 6.65. The average Bonchev–Trinajstić information content (AvgIpc) is 2.78. The normalized spacial score (nSPS) is 10.1. The van der Waals surface area contributed by atoms with Crippen LogP contribution in [0.5, 0.6) is 5.75 Å². The van der Waals surface area contributed by atoms with Gasteiger partial charge in [-0.15, -0.1) is 0 Å². The van der Waals surface area contributed by atoms with Gasteiger partial charge in [0.1, 0.15) is 5.75 Å². The monoisotopic (exact) mass is 400 g/mol. The first kappa shape index (κ1) is 20.9. The van der Waals surface area contributed by atoms with E-state index in [2.05, 4.69) is 0 Å². The van der Waals surface area contributed by atoms with E-state index in [-0.39, 0.29) is 11.1 Å². The molecule has 0 unspecified atom stereocenters. The maximum Gasteiger partial charge on any atom is 0.255 e. The molecule has 5 nitrogen and oxygen atoms in total. The Hall–Kier alpha value is -3.86. The summed E-state index contributed by atoms with van der Waals surface area (Å²) in [5.74, 6) is 0.742. The van der Waals surface area contributed by atoms with Crippen molar-refractivity contribution in [1.82, 2.24) is 9.13 Å². The van der Waals surface area contributed by atoms with E-state index in [4.69, 9.17) is 4.74 Å². The van der Waals surface area contributed by atoms with Gasteiger partial charge in [-0.25, -0.2) is 0 Å². The summed E-state index contributed by atoms with van der Waals surface area (Å²) < 4.78 is 8.39. The van der Waals surface area contributed by atoms with Crippen molar-refractivity contribution < 1.29 is 4.74 Å². The average molecular weight is 400 g/mol. The van der Waals surface area contributed by atoms with Gasteiger partial charge in [0, 0.05) is 36.3 Å². The number of hydrogen-bond donors (Lipinski definition) is 0. The largest absolute Gasteiger partial charge is 0.497 e. The molecule has 0 bridgehead atoms. The van der Waals surface area contributed by atoms with Crippen LogP contribution in [0, 0.1) is 13.8 Å². The molecule has 0 saturated heterocycles. The van der Waals surface area contributed by atoms with Crippen molar-refractivity contribution in [1.29, 1.82) is 0 Å². The van der Waals surface area contributed by atoms with E-state index < -0.39 is 0 Å². The smallest absolute Gasteiger partial charge is 0.255 e. The molecule has 2 aromatic heterocycles. The number of ether oxygens (including phenoxy) is 1. The summed E-state index contributed by atoms with van der Waals surface area (Å²) in [6.45, 7) is 3.93. The van der Waals surface area contributed by atoms with Crippen LogP contribution in [-0.4, -0.2) is 16.2 Å². The van der Waals surface area contributed by atoms with Crippen molar-refractivity contribution in [3.05, 3.63) is 123 Å². The van der Waals surface area contributed by atoms with Gasteiger partial charge in [0.2, 0.25) is 0 Å². The Labute approximate surface area is 175 Å². The zero-order valence-corrected chi connectivity index (χ0v) is 17.3. The molecule has 0 saturated carbocycles.